The molecule has 142 valence electrons. The highest BCUT2D eigenvalue weighted by Gasteiger charge is 2.22. The topological polar surface area (TPSA) is 142 Å². The van der Waals surface area contributed by atoms with E-state index in [9.17, 15) is 23.3 Å². The monoisotopic (exact) mass is 451 g/mol. The molecule has 9 nitrogen and oxygen atoms in total. The molecule has 27 heavy (non-hydrogen) atoms. The number of oxime groups is 1. The van der Waals surface area contributed by atoms with E-state index in [2.05, 4.69) is 9.99 Å². The molecule has 0 unspecified atom stereocenters. The van der Waals surface area contributed by atoms with Crippen LogP contribution in [0.25, 0.3) is 0 Å². The van der Waals surface area contributed by atoms with E-state index in [0.29, 0.717) is 0 Å². The molecule has 0 fully saturated rings. The lowest BCUT2D eigenvalue weighted by molar-refractivity contribution is -0.384. The quantitative estimate of drug-likeness (QED) is 0.183. The maximum Gasteiger partial charge on any atom is 0.367 e. The summed E-state index contributed by atoms with van der Waals surface area (Å²) in [6.07, 6.45) is 0. The highest BCUT2D eigenvalue weighted by Crippen LogP contribution is 2.31. The first-order valence-electron chi connectivity index (χ1n) is 6.74. The Hall–Kier alpha value is -2.40. The third-order valence-corrected chi connectivity index (χ3v) is 5.20. The highest BCUT2D eigenvalue weighted by atomic mass is 35.7. The summed E-state index contributed by atoms with van der Waals surface area (Å²) in [5.41, 5.74) is 5.37. The molecule has 2 aromatic rings. The van der Waals surface area contributed by atoms with E-state index < -0.39 is 24.8 Å². The van der Waals surface area contributed by atoms with Gasteiger partial charge >= 0.3 is 5.97 Å². The minimum absolute atomic E-state index is 0.161. The zero-order chi connectivity index (χ0) is 20.4. The molecule has 0 saturated carbocycles. The van der Waals surface area contributed by atoms with E-state index in [1.165, 1.54) is 24.3 Å². The van der Waals surface area contributed by atoms with Crippen LogP contribution in [0.1, 0.15) is 15.9 Å². The fraction of sp³-hybridized carbons (Fsp3) is 0. The lowest BCUT2D eigenvalue weighted by atomic mass is 10.2. The van der Waals surface area contributed by atoms with Crippen LogP contribution < -0.4 is 5.73 Å². The van der Waals surface area contributed by atoms with Crippen LogP contribution in [0, 0.1) is 10.1 Å². The Morgan fingerprint density at radius 2 is 1.74 bits per heavy atom. The molecule has 0 saturated heterocycles. The van der Waals surface area contributed by atoms with Gasteiger partial charge in [0.1, 0.15) is 4.90 Å². The SMILES string of the molecule is N/C(=N\OC(=O)c1cc(S(=O)(=O)Cl)c(Cl)cc1Cl)c1ccc([N+](=O)[O-])cc1. The number of rotatable bonds is 5. The number of nitrogens with zero attached hydrogens (tertiary/aromatic N) is 2. The van der Waals surface area contributed by atoms with Gasteiger partial charge in [0, 0.05) is 28.4 Å². The van der Waals surface area contributed by atoms with Gasteiger partial charge in [0.15, 0.2) is 5.84 Å². The van der Waals surface area contributed by atoms with Crippen LogP contribution in [0.15, 0.2) is 46.4 Å². The number of nitro groups is 1. The standard InChI is InChI=1S/C14H8Cl3N3O6S/c15-10-6-11(16)12(27(17,24)25)5-9(10)14(21)26-19-13(18)7-1-3-8(4-2-7)20(22)23/h1-6H,(H2,18,19). The van der Waals surface area contributed by atoms with Crippen LogP contribution in [0.2, 0.25) is 10.0 Å². The average molecular weight is 453 g/mol. The molecule has 0 aliphatic rings. The first-order valence-corrected chi connectivity index (χ1v) is 9.80. The highest BCUT2D eigenvalue weighted by molar-refractivity contribution is 8.13. The fourth-order valence-electron chi connectivity index (χ4n) is 1.82. The summed E-state index contributed by atoms with van der Waals surface area (Å²) in [6.45, 7) is 0. The summed E-state index contributed by atoms with van der Waals surface area (Å²) in [4.78, 5) is 26.2. The predicted molar refractivity (Wildman–Crippen MR) is 98.7 cm³/mol. The molecular formula is C14H8Cl3N3O6S. The van der Waals surface area contributed by atoms with Crippen molar-refractivity contribution in [2.75, 3.05) is 0 Å². The van der Waals surface area contributed by atoms with Gasteiger partial charge in [-0.05, 0) is 24.3 Å². The van der Waals surface area contributed by atoms with Crippen LogP contribution in [0.5, 0.6) is 0 Å². The molecule has 2 N–H and O–H groups in total. The van der Waals surface area contributed by atoms with Gasteiger partial charge < -0.3 is 10.6 Å². The molecule has 0 heterocycles. The molecule has 2 rings (SSSR count). The summed E-state index contributed by atoms with van der Waals surface area (Å²) in [5.74, 6) is -1.38. The van der Waals surface area contributed by atoms with Gasteiger partial charge in [-0.25, -0.2) is 13.2 Å². The van der Waals surface area contributed by atoms with Crippen molar-refractivity contribution in [2.24, 2.45) is 10.9 Å². The minimum Gasteiger partial charge on any atom is -0.380 e. The predicted octanol–water partition coefficient (Wildman–Crippen LogP) is 3.31. The lowest BCUT2D eigenvalue weighted by Crippen LogP contribution is -2.15. The van der Waals surface area contributed by atoms with Gasteiger partial charge in [0.2, 0.25) is 0 Å². The molecule has 0 radical (unpaired) electrons. The Labute approximate surface area is 166 Å². The summed E-state index contributed by atoms with van der Waals surface area (Å²) in [6, 6.07) is 6.84. The van der Waals surface area contributed by atoms with Crippen LogP contribution in [-0.2, 0) is 13.9 Å². The van der Waals surface area contributed by atoms with Crippen molar-refractivity contribution in [3.05, 3.63) is 67.7 Å². The molecule has 0 aliphatic carbocycles. The number of carbonyl (C=O) groups excluding carboxylic acids is 1. The number of amidine groups is 1. The van der Waals surface area contributed by atoms with Crippen LogP contribution in [0.4, 0.5) is 5.69 Å². The van der Waals surface area contributed by atoms with Crippen LogP contribution in [-0.4, -0.2) is 25.1 Å². The molecule has 0 amide bonds. The second-order valence-corrected chi connectivity index (χ2v) is 8.21. The van der Waals surface area contributed by atoms with Crippen molar-refractivity contribution in [3.8, 4) is 0 Å². The zero-order valence-corrected chi connectivity index (χ0v) is 16.0. The number of halogens is 3. The maximum absolute atomic E-state index is 12.1. The normalized spacial score (nSPS) is 11.9. The number of benzene rings is 2. The number of hydrogen-bond donors (Lipinski definition) is 1. The summed E-state index contributed by atoms with van der Waals surface area (Å²) in [7, 11) is 0.999. The number of nitro benzene ring substituents is 1. The van der Waals surface area contributed by atoms with Gasteiger partial charge in [-0.2, -0.15) is 0 Å². The van der Waals surface area contributed by atoms with E-state index in [-0.39, 0.29) is 32.7 Å². The minimum atomic E-state index is -4.23. The molecule has 0 aliphatic heterocycles. The zero-order valence-electron chi connectivity index (χ0n) is 12.9. The third kappa shape index (κ3) is 5.07. The van der Waals surface area contributed by atoms with Gasteiger partial charge in [0.25, 0.3) is 14.7 Å². The number of nitrogens with two attached hydrogens (primary N) is 1. The van der Waals surface area contributed by atoms with Gasteiger partial charge in [-0.15, -0.1) is 0 Å². The van der Waals surface area contributed by atoms with Gasteiger partial charge in [0.05, 0.1) is 20.5 Å². The second kappa shape index (κ2) is 8.09. The van der Waals surface area contributed by atoms with E-state index in [1.54, 1.807) is 0 Å². The first-order chi connectivity index (χ1) is 12.5. The Morgan fingerprint density at radius 1 is 1.15 bits per heavy atom. The van der Waals surface area contributed by atoms with Crippen molar-refractivity contribution >= 4 is 60.4 Å². The molecule has 2 aromatic carbocycles. The van der Waals surface area contributed by atoms with E-state index in [0.717, 1.165) is 12.1 Å². The Morgan fingerprint density at radius 3 is 2.26 bits per heavy atom. The van der Waals surface area contributed by atoms with Crippen molar-refractivity contribution in [1.82, 2.24) is 0 Å². The number of carbonyl (C=O) groups is 1. The lowest BCUT2D eigenvalue weighted by Gasteiger charge is -2.06. The Bertz CT molecular complexity index is 1050. The molecule has 13 heteroatoms. The molecule has 0 bridgehead atoms. The van der Waals surface area contributed by atoms with Crippen LogP contribution >= 0.6 is 33.9 Å². The fourth-order valence-corrected chi connectivity index (χ4v) is 3.64. The Kier molecular flexibility index (Phi) is 6.26. The molecular weight excluding hydrogens is 445 g/mol. The van der Waals surface area contributed by atoms with Crippen molar-refractivity contribution in [3.63, 3.8) is 0 Å². The van der Waals surface area contributed by atoms with Crippen molar-refractivity contribution in [2.45, 2.75) is 4.90 Å². The van der Waals surface area contributed by atoms with Crippen molar-refractivity contribution in [1.29, 1.82) is 0 Å². The summed E-state index contributed by atoms with van der Waals surface area (Å²) in [5, 5.41) is 13.5. The van der Waals surface area contributed by atoms with Crippen molar-refractivity contribution < 1.29 is 23.0 Å². The summed E-state index contributed by atoms with van der Waals surface area (Å²) < 4.78 is 22.9. The third-order valence-electron chi connectivity index (χ3n) is 3.10. The smallest absolute Gasteiger partial charge is 0.367 e. The maximum atomic E-state index is 12.1. The summed E-state index contributed by atoms with van der Waals surface area (Å²) >= 11 is 11.6. The van der Waals surface area contributed by atoms with E-state index in [4.69, 9.17) is 39.6 Å². The van der Waals surface area contributed by atoms with E-state index >= 15 is 0 Å². The molecule has 0 atom stereocenters. The molecule has 0 spiro atoms. The average Bonchev–Trinajstić information content (AvgIpc) is 2.58. The van der Waals surface area contributed by atoms with Crippen LogP contribution in [0.3, 0.4) is 0 Å². The molecule has 0 aromatic heterocycles. The van der Waals surface area contributed by atoms with E-state index in [1.807, 2.05) is 0 Å². The number of non-ortho nitro benzene ring substituents is 1. The van der Waals surface area contributed by atoms with Gasteiger partial charge in [-0.3, -0.25) is 10.1 Å². The number of hydrogen-bond acceptors (Lipinski definition) is 7. The Balaban J connectivity index is 2.26. The first kappa shape index (κ1) is 20.9. The van der Waals surface area contributed by atoms with Gasteiger partial charge in [-0.1, -0.05) is 28.4 Å². The second-order valence-electron chi connectivity index (χ2n) is 4.86. The largest absolute Gasteiger partial charge is 0.380 e.